The third-order valence-corrected chi connectivity index (χ3v) is 2.76. The summed E-state index contributed by atoms with van der Waals surface area (Å²) in [5.74, 6) is 0. The predicted molar refractivity (Wildman–Crippen MR) is 49.5 cm³/mol. The predicted octanol–water partition coefficient (Wildman–Crippen LogP) is -1.66. The maximum absolute atomic E-state index is 9.51. The SMILES string of the molecule is COC1OC(CO)C(O)C(N)C1S. The van der Waals surface area contributed by atoms with Gasteiger partial charge in [-0.25, -0.2) is 0 Å². The molecule has 0 aromatic heterocycles. The number of rotatable bonds is 2. The molecule has 1 fully saturated rings. The van der Waals surface area contributed by atoms with E-state index in [2.05, 4.69) is 12.6 Å². The number of hydrogen-bond acceptors (Lipinski definition) is 6. The van der Waals surface area contributed by atoms with E-state index >= 15 is 0 Å². The summed E-state index contributed by atoms with van der Waals surface area (Å²) in [5.41, 5.74) is 5.66. The molecule has 1 aliphatic rings. The summed E-state index contributed by atoms with van der Waals surface area (Å²) >= 11 is 4.15. The van der Waals surface area contributed by atoms with Crippen molar-refractivity contribution in [2.24, 2.45) is 5.73 Å². The summed E-state index contributed by atoms with van der Waals surface area (Å²) in [4.78, 5) is 0. The number of hydrogen-bond donors (Lipinski definition) is 4. The molecule has 5 atom stereocenters. The fourth-order valence-electron chi connectivity index (χ4n) is 1.31. The number of methoxy groups -OCH3 is 1. The maximum Gasteiger partial charge on any atom is 0.170 e. The highest BCUT2D eigenvalue weighted by Gasteiger charge is 2.41. The molecule has 0 radical (unpaired) electrons. The average molecular weight is 209 g/mol. The Hall–Kier alpha value is 0.150. The summed E-state index contributed by atoms with van der Waals surface area (Å²) in [6, 6.07) is -0.556. The number of thiol groups is 1. The van der Waals surface area contributed by atoms with Crippen molar-refractivity contribution >= 4 is 12.6 Å². The topological polar surface area (TPSA) is 84.9 Å². The third kappa shape index (κ3) is 2.15. The molecule has 78 valence electrons. The van der Waals surface area contributed by atoms with Gasteiger partial charge in [0.2, 0.25) is 0 Å². The lowest BCUT2D eigenvalue weighted by Gasteiger charge is -2.40. The van der Waals surface area contributed by atoms with Gasteiger partial charge in [0, 0.05) is 13.2 Å². The first-order valence-corrected chi connectivity index (χ1v) is 4.54. The molecule has 0 aromatic rings. The second-order valence-corrected chi connectivity index (χ2v) is 3.62. The number of aliphatic hydroxyl groups excluding tert-OH is 2. The van der Waals surface area contributed by atoms with Crippen LogP contribution < -0.4 is 5.73 Å². The molecule has 4 N–H and O–H groups in total. The van der Waals surface area contributed by atoms with Gasteiger partial charge in [0.05, 0.1) is 18.0 Å². The molecule has 0 amide bonds. The van der Waals surface area contributed by atoms with Crippen LogP contribution in [0.3, 0.4) is 0 Å². The molecule has 6 heteroatoms. The van der Waals surface area contributed by atoms with Crippen molar-refractivity contribution in [2.75, 3.05) is 13.7 Å². The van der Waals surface area contributed by atoms with E-state index in [9.17, 15) is 5.11 Å². The molecule has 1 heterocycles. The third-order valence-electron chi connectivity index (χ3n) is 2.17. The molecule has 1 aliphatic heterocycles. The van der Waals surface area contributed by atoms with E-state index in [1.807, 2.05) is 0 Å². The lowest BCUT2D eigenvalue weighted by molar-refractivity contribution is -0.220. The Bertz CT molecular complexity index is 151. The van der Waals surface area contributed by atoms with Gasteiger partial charge in [0.25, 0.3) is 0 Å². The summed E-state index contributed by atoms with van der Waals surface area (Å²) < 4.78 is 10.2. The van der Waals surface area contributed by atoms with E-state index in [4.69, 9.17) is 20.3 Å². The van der Waals surface area contributed by atoms with Crippen molar-refractivity contribution in [1.29, 1.82) is 0 Å². The van der Waals surface area contributed by atoms with Crippen molar-refractivity contribution in [3.63, 3.8) is 0 Å². The van der Waals surface area contributed by atoms with Crippen molar-refractivity contribution < 1.29 is 19.7 Å². The van der Waals surface area contributed by atoms with Gasteiger partial charge in [-0.3, -0.25) is 0 Å². The van der Waals surface area contributed by atoms with Gasteiger partial charge in [0.1, 0.15) is 6.10 Å². The normalized spacial score (nSPS) is 46.4. The van der Waals surface area contributed by atoms with E-state index in [1.165, 1.54) is 7.11 Å². The van der Waals surface area contributed by atoms with Crippen LogP contribution in [0.25, 0.3) is 0 Å². The van der Waals surface area contributed by atoms with Crippen LogP contribution >= 0.6 is 12.6 Å². The molecule has 5 unspecified atom stereocenters. The molecular weight excluding hydrogens is 194 g/mol. The van der Waals surface area contributed by atoms with Gasteiger partial charge in [0.15, 0.2) is 6.29 Å². The molecule has 5 nitrogen and oxygen atoms in total. The van der Waals surface area contributed by atoms with Gasteiger partial charge < -0.3 is 25.4 Å². The Morgan fingerprint density at radius 3 is 2.69 bits per heavy atom. The zero-order valence-electron chi connectivity index (χ0n) is 7.33. The van der Waals surface area contributed by atoms with Crippen LogP contribution in [0.1, 0.15) is 0 Å². The first-order valence-electron chi connectivity index (χ1n) is 4.02. The lowest BCUT2D eigenvalue weighted by atomic mass is 9.99. The fourth-order valence-corrected chi connectivity index (χ4v) is 1.68. The molecule has 0 spiro atoms. The van der Waals surface area contributed by atoms with Crippen LogP contribution in [0, 0.1) is 0 Å². The standard InChI is InChI=1S/C7H15NO4S/c1-11-7-6(13)4(8)5(10)3(2-9)12-7/h3-7,9-10,13H,2,8H2,1H3. The summed E-state index contributed by atoms with van der Waals surface area (Å²) in [6.45, 7) is -0.283. The molecule has 13 heavy (non-hydrogen) atoms. The molecule has 0 aliphatic carbocycles. The highest BCUT2D eigenvalue weighted by atomic mass is 32.1. The lowest BCUT2D eigenvalue weighted by Crippen LogP contribution is -2.60. The van der Waals surface area contributed by atoms with Gasteiger partial charge in [-0.2, -0.15) is 12.6 Å². The summed E-state index contributed by atoms with van der Waals surface area (Å²) in [5, 5.41) is 18.0. The Morgan fingerprint density at radius 1 is 1.62 bits per heavy atom. The molecule has 0 bridgehead atoms. The smallest absolute Gasteiger partial charge is 0.170 e. The molecule has 1 saturated heterocycles. The van der Waals surface area contributed by atoms with Crippen molar-refractivity contribution in [1.82, 2.24) is 0 Å². The van der Waals surface area contributed by atoms with E-state index < -0.39 is 24.5 Å². The maximum atomic E-state index is 9.51. The zero-order chi connectivity index (χ0) is 10.0. The average Bonchev–Trinajstić information content (AvgIpc) is 2.15. The number of nitrogens with two attached hydrogens (primary N) is 1. The van der Waals surface area contributed by atoms with E-state index in [0.29, 0.717) is 0 Å². The largest absolute Gasteiger partial charge is 0.394 e. The Labute approximate surface area is 82.2 Å². The summed E-state index contributed by atoms with van der Waals surface area (Å²) in [7, 11) is 1.47. The van der Waals surface area contributed by atoms with E-state index in [1.54, 1.807) is 0 Å². The summed E-state index contributed by atoms with van der Waals surface area (Å²) in [6.07, 6.45) is -2.18. The van der Waals surface area contributed by atoms with E-state index in [-0.39, 0.29) is 11.9 Å². The minimum Gasteiger partial charge on any atom is -0.394 e. The highest BCUT2D eigenvalue weighted by molar-refractivity contribution is 7.81. The van der Waals surface area contributed by atoms with Crippen LogP contribution in [0.15, 0.2) is 0 Å². The number of aliphatic hydroxyl groups is 2. The first kappa shape index (κ1) is 11.2. The zero-order valence-corrected chi connectivity index (χ0v) is 8.22. The Morgan fingerprint density at radius 2 is 2.23 bits per heavy atom. The monoisotopic (exact) mass is 209 g/mol. The molecule has 1 rings (SSSR count). The van der Waals surface area contributed by atoms with Gasteiger partial charge in [-0.1, -0.05) is 0 Å². The molecule has 0 saturated carbocycles. The Kier molecular flexibility index (Phi) is 3.96. The van der Waals surface area contributed by atoms with Gasteiger partial charge in [-0.05, 0) is 0 Å². The highest BCUT2D eigenvalue weighted by Crippen LogP contribution is 2.23. The minimum absolute atomic E-state index is 0.283. The van der Waals surface area contributed by atoms with Crippen LogP contribution in [0.4, 0.5) is 0 Å². The fraction of sp³-hybridized carbons (Fsp3) is 1.00. The van der Waals surface area contributed by atoms with Gasteiger partial charge in [-0.15, -0.1) is 0 Å². The first-order chi connectivity index (χ1) is 6.11. The van der Waals surface area contributed by atoms with E-state index in [0.717, 1.165) is 0 Å². The molecule has 0 aromatic carbocycles. The second-order valence-electron chi connectivity index (χ2n) is 3.02. The van der Waals surface area contributed by atoms with Crippen LogP contribution in [-0.2, 0) is 9.47 Å². The Balaban J connectivity index is 2.66. The van der Waals surface area contributed by atoms with Crippen molar-refractivity contribution in [2.45, 2.75) is 29.8 Å². The quantitative estimate of drug-likeness (QED) is 0.409. The number of ether oxygens (including phenoxy) is 2. The molecular formula is C7H15NO4S. The van der Waals surface area contributed by atoms with Crippen LogP contribution in [-0.4, -0.2) is 53.7 Å². The van der Waals surface area contributed by atoms with Crippen molar-refractivity contribution in [3.8, 4) is 0 Å². The van der Waals surface area contributed by atoms with Crippen molar-refractivity contribution in [3.05, 3.63) is 0 Å². The second kappa shape index (κ2) is 4.59. The minimum atomic E-state index is -0.904. The van der Waals surface area contributed by atoms with Crippen LogP contribution in [0.5, 0.6) is 0 Å². The van der Waals surface area contributed by atoms with Crippen LogP contribution in [0.2, 0.25) is 0 Å². The van der Waals surface area contributed by atoms with Gasteiger partial charge >= 0.3 is 0 Å².